The summed E-state index contributed by atoms with van der Waals surface area (Å²) in [6, 6.07) is 8.51. The quantitative estimate of drug-likeness (QED) is 0.583. The molecule has 0 radical (unpaired) electrons. The molecular formula is C23H32FN7. The monoisotopic (exact) mass is 425 g/mol. The third-order valence-electron chi connectivity index (χ3n) is 6.82. The first-order valence-corrected chi connectivity index (χ1v) is 11.5. The summed E-state index contributed by atoms with van der Waals surface area (Å²) in [7, 11) is 0. The molecule has 0 spiro atoms. The van der Waals surface area contributed by atoms with Crippen LogP contribution in [0.1, 0.15) is 39.5 Å². The fraction of sp³-hybridized carbons (Fsp3) is 0.565. The SMILES string of the molecule is CC(C)N1CCC(NC2CCN(c3n[nH]c(-c4cc5cc(F)ccc5[nH]4)n3)CC2)CC1. The van der Waals surface area contributed by atoms with Crippen molar-refractivity contribution in [3.63, 3.8) is 0 Å². The van der Waals surface area contributed by atoms with Gasteiger partial charge in [-0.2, -0.15) is 4.98 Å². The maximum atomic E-state index is 13.5. The van der Waals surface area contributed by atoms with Crippen LogP contribution in [0.15, 0.2) is 24.3 Å². The first kappa shape index (κ1) is 20.5. The summed E-state index contributed by atoms with van der Waals surface area (Å²) in [4.78, 5) is 12.8. The second-order valence-electron chi connectivity index (χ2n) is 9.23. The van der Waals surface area contributed by atoms with Crippen molar-refractivity contribution >= 4 is 16.9 Å². The zero-order valence-electron chi connectivity index (χ0n) is 18.4. The van der Waals surface area contributed by atoms with Crippen LogP contribution in [-0.2, 0) is 0 Å². The first-order chi connectivity index (χ1) is 15.0. The fourth-order valence-corrected chi connectivity index (χ4v) is 4.91. The number of piperidine rings is 2. The van der Waals surface area contributed by atoms with Gasteiger partial charge >= 0.3 is 0 Å². The molecule has 2 aliphatic rings. The van der Waals surface area contributed by atoms with Gasteiger partial charge in [0.25, 0.3) is 0 Å². The van der Waals surface area contributed by atoms with E-state index in [0.29, 0.717) is 23.9 Å². The lowest BCUT2D eigenvalue weighted by Crippen LogP contribution is -2.50. The second kappa shape index (κ2) is 8.59. The van der Waals surface area contributed by atoms with Crippen LogP contribution in [0, 0.1) is 5.82 Å². The number of rotatable bonds is 5. The number of fused-ring (bicyclic) bond motifs is 1. The fourth-order valence-electron chi connectivity index (χ4n) is 4.91. The Balaban J connectivity index is 1.16. The molecule has 0 aliphatic carbocycles. The van der Waals surface area contributed by atoms with Crippen molar-refractivity contribution in [3.05, 3.63) is 30.1 Å². The summed E-state index contributed by atoms with van der Waals surface area (Å²) in [6.45, 7) is 8.89. The van der Waals surface area contributed by atoms with E-state index >= 15 is 0 Å². The average molecular weight is 426 g/mol. The van der Waals surface area contributed by atoms with Crippen molar-refractivity contribution in [1.29, 1.82) is 0 Å². The highest BCUT2D eigenvalue weighted by molar-refractivity contribution is 5.84. The molecule has 5 rings (SSSR count). The Morgan fingerprint density at radius 2 is 1.74 bits per heavy atom. The maximum Gasteiger partial charge on any atom is 0.245 e. The largest absolute Gasteiger partial charge is 0.352 e. The van der Waals surface area contributed by atoms with Crippen LogP contribution in [0.5, 0.6) is 0 Å². The van der Waals surface area contributed by atoms with E-state index in [-0.39, 0.29) is 5.82 Å². The van der Waals surface area contributed by atoms with E-state index in [1.165, 1.54) is 38.1 Å². The number of nitrogens with zero attached hydrogens (tertiary/aromatic N) is 4. The second-order valence-corrected chi connectivity index (χ2v) is 9.23. The number of benzene rings is 1. The number of hydrogen-bond acceptors (Lipinski definition) is 5. The highest BCUT2D eigenvalue weighted by atomic mass is 19.1. The van der Waals surface area contributed by atoms with Crippen LogP contribution in [0.3, 0.4) is 0 Å². The van der Waals surface area contributed by atoms with Crippen molar-refractivity contribution in [2.45, 2.75) is 57.7 Å². The summed E-state index contributed by atoms with van der Waals surface area (Å²) < 4.78 is 13.5. The van der Waals surface area contributed by atoms with E-state index in [4.69, 9.17) is 4.98 Å². The molecule has 2 fully saturated rings. The molecule has 0 bridgehead atoms. The molecule has 0 unspecified atom stereocenters. The van der Waals surface area contributed by atoms with Gasteiger partial charge < -0.3 is 20.1 Å². The number of halogens is 1. The third kappa shape index (κ3) is 4.45. The molecule has 1 aromatic carbocycles. The molecule has 0 amide bonds. The van der Waals surface area contributed by atoms with Gasteiger partial charge in [-0.15, -0.1) is 5.10 Å². The Bertz CT molecular complexity index is 1010. The van der Waals surface area contributed by atoms with Gasteiger partial charge in [-0.3, -0.25) is 5.10 Å². The van der Waals surface area contributed by atoms with Gasteiger partial charge in [0.1, 0.15) is 5.82 Å². The number of likely N-dealkylation sites (tertiary alicyclic amines) is 1. The Kier molecular flexibility index (Phi) is 5.67. The van der Waals surface area contributed by atoms with Gasteiger partial charge in [0.15, 0.2) is 5.82 Å². The van der Waals surface area contributed by atoms with Crippen LogP contribution in [0.25, 0.3) is 22.4 Å². The van der Waals surface area contributed by atoms with E-state index in [2.05, 4.69) is 44.1 Å². The number of hydrogen-bond donors (Lipinski definition) is 3. The number of nitrogens with one attached hydrogen (secondary N) is 3. The molecule has 2 aromatic heterocycles. The van der Waals surface area contributed by atoms with Crippen LogP contribution < -0.4 is 10.2 Å². The highest BCUT2D eigenvalue weighted by Gasteiger charge is 2.26. The van der Waals surface area contributed by atoms with Crippen LogP contribution in [-0.4, -0.2) is 69.4 Å². The van der Waals surface area contributed by atoms with Crippen LogP contribution in [0.2, 0.25) is 0 Å². The number of H-pyrrole nitrogens is 2. The van der Waals surface area contributed by atoms with Crippen LogP contribution in [0.4, 0.5) is 10.3 Å². The molecule has 166 valence electrons. The van der Waals surface area contributed by atoms with Gasteiger partial charge in [-0.1, -0.05) is 0 Å². The molecule has 2 saturated heterocycles. The molecule has 0 saturated carbocycles. The van der Waals surface area contributed by atoms with Gasteiger partial charge in [-0.25, -0.2) is 4.39 Å². The Morgan fingerprint density at radius 1 is 1.03 bits per heavy atom. The molecule has 2 aliphatic heterocycles. The van der Waals surface area contributed by atoms with Crippen LogP contribution >= 0.6 is 0 Å². The van der Waals surface area contributed by atoms with Crippen molar-refractivity contribution in [1.82, 2.24) is 30.4 Å². The van der Waals surface area contributed by atoms with E-state index in [1.54, 1.807) is 6.07 Å². The van der Waals surface area contributed by atoms with Crippen molar-refractivity contribution in [2.24, 2.45) is 0 Å². The Hall–Kier alpha value is -2.45. The van der Waals surface area contributed by atoms with Crippen molar-refractivity contribution < 1.29 is 4.39 Å². The predicted octanol–water partition coefficient (Wildman–Crippen LogP) is 3.52. The normalized spacial score (nSPS) is 19.7. The van der Waals surface area contributed by atoms with Gasteiger partial charge in [-0.05, 0) is 76.9 Å². The Labute approximate surface area is 182 Å². The minimum absolute atomic E-state index is 0.238. The van der Waals surface area contributed by atoms with Crippen molar-refractivity contribution in [2.75, 3.05) is 31.1 Å². The number of aromatic amines is 2. The molecular weight excluding hydrogens is 393 g/mol. The number of aromatic nitrogens is 4. The van der Waals surface area contributed by atoms with Gasteiger partial charge in [0, 0.05) is 42.1 Å². The minimum atomic E-state index is -0.238. The van der Waals surface area contributed by atoms with Crippen molar-refractivity contribution in [3.8, 4) is 11.5 Å². The zero-order chi connectivity index (χ0) is 21.4. The topological polar surface area (TPSA) is 75.9 Å². The molecule has 31 heavy (non-hydrogen) atoms. The number of anilines is 1. The Morgan fingerprint density at radius 3 is 2.45 bits per heavy atom. The summed E-state index contributed by atoms with van der Waals surface area (Å²) in [6.07, 6.45) is 4.72. The summed E-state index contributed by atoms with van der Waals surface area (Å²) in [5.74, 6) is 1.19. The van der Waals surface area contributed by atoms with E-state index in [9.17, 15) is 4.39 Å². The summed E-state index contributed by atoms with van der Waals surface area (Å²) >= 11 is 0. The third-order valence-corrected chi connectivity index (χ3v) is 6.82. The lowest BCUT2D eigenvalue weighted by atomic mass is 9.99. The molecule has 7 nitrogen and oxygen atoms in total. The van der Waals surface area contributed by atoms with E-state index < -0.39 is 0 Å². The zero-order valence-corrected chi connectivity index (χ0v) is 18.4. The first-order valence-electron chi connectivity index (χ1n) is 11.5. The standard InChI is InChI=1S/C23H32FN7/c1-15(2)30-9-5-18(6-10-30)25-19-7-11-31(12-8-19)23-27-22(28-29-23)21-14-16-13-17(24)3-4-20(16)26-21/h3-4,13-15,18-19,25-26H,5-12H2,1-2H3,(H,27,28,29). The molecule has 3 N–H and O–H groups in total. The lowest BCUT2D eigenvalue weighted by Gasteiger charge is -2.38. The molecule has 8 heteroatoms. The van der Waals surface area contributed by atoms with E-state index in [1.807, 2.05) is 6.07 Å². The van der Waals surface area contributed by atoms with Gasteiger partial charge in [0.05, 0.1) is 5.69 Å². The molecule has 3 aromatic rings. The predicted molar refractivity (Wildman–Crippen MR) is 122 cm³/mol. The molecule has 0 atom stereocenters. The summed E-state index contributed by atoms with van der Waals surface area (Å²) in [5, 5.41) is 12.2. The minimum Gasteiger partial charge on any atom is -0.352 e. The maximum absolute atomic E-state index is 13.5. The molecule has 4 heterocycles. The average Bonchev–Trinajstić information content (AvgIpc) is 3.41. The van der Waals surface area contributed by atoms with Gasteiger partial charge in [0.2, 0.25) is 5.95 Å². The van der Waals surface area contributed by atoms with E-state index in [0.717, 1.165) is 48.5 Å². The summed E-state index contributed by atoms with van der Waals surface area (Å²) in [5.41, 5.74) is 1.71. The lowest BCUT2D eigenvalue weighted by molar-refractivity contribution is 0.154. The smallest absolute Gasteiger partial charge is 0.245 e. The highest BCUT2D eigenvalue weighted by Crippen LogP contribution is 2.25.